The van der Waals surface area contributed by atoms with Crippen LogP contribution in [0.2, 0.25) is 0 Å². The van der Waals surface area contributed by atoms with Crippen molar-refractivity contribution in [3.05, 3.63) is 0 Å². The summed E-state index contributed by atoms with van der Waals surface area (Å²) in [5.41, 5.74) is 0. The highest BCUT2D eigenvalue weighted by molar-refractivity contribution is 5.81. The van der Waals surface area contributed by atoms with Crippen LogP contribution in [-0.4, -0.2) is 36.2 Å². The van der Waals surface area contributed by atoms with Gasteiger partial charge >= 0.3 is 11.9 Å². The van der Waals surface area contributed by atoms with E-state index in [-0.39, 0.29) is 6.42 Å². The molecule has 0 aromatic carbocycles. The van der Waals surface area contributed by atoms with Gasteiger partial charge in [0.05, 0.1) is 13.0 Å². The molecule has 0 heterocycles. The molecule has 40 heavy (non-hydrogen) atoms. The Morgan fingerprint density at radius 3 is 1.20 bits per heavy atom. The average Bonchev–Trinajstić information content (AvgIpc) is 2.94. The number of carboxylic acid groups (broad SMARTS) is 1. The molecule has 0 aliphatic heterocycles. The number of nitrogens with one attached hydrogen (secondary N) is 1. The number of hydrogen-bond acceptors (Lipinski definition) is 4. The number of carboxylic acids is 1. The number of esters is 1. The normalized spacial score (nSPS) is 12.1. The number of unbranched alkanes of at least 4 members (excludes halogenated alkanes) is 25. The standard InChI is InChI=1S/C35H69NO4/c1-3-5-7-9-11-13-15-17-19-21-23-25-27-29-31-40-34(37)32-33(35(38)39)36-30-28-26-24-22-20-18-16-14-12-10-8-6-4-2/h33,36H,3-32H2,1-2H3,(H,38,39). The van der Waals surface area contributed by atoms with Crippen molar-refractivity contribution in [1.82, 2.24) is 5.32 Å². The molecule has 1 atom stereocenters. The zero-order valence-corrected chi connectivity index (χ0v) is 27.0. The molecular weight excluding hydrogens is 498 g/mol. The van der Waals surface area contributed by atoms with Crippen LogP contribution in [0.1, 0.15) is 194 Å². The van der Waals surface area contributed by atoms with E-state index >= 15 is 0 Å². The van der Waals surface area contributed by atoms with Crippen molar-refractivity contribution in [2.45, 2.75) is 200 Å². The molecule has 238 valence electrons. The van der Waals surface area contributed by atoms with E-state index in [2.05, 4.69) is 19.2 Å². The minimum absolute atomic E-state index is 0.0909. The minimum atomic E-state index is -0.969. The van der Waals surface area contributed by atoms with Crippen LogP contribution in [0.5, 0.6) is 0 Å². The Labute approximate surface area is 249 Å². The molecule has 0 fully saturated rings. The van der Waals surface area contributed by atoms with Crippen LogP contribution in [-0.2, 0) is 14.3 Å². The highest BCUT2D eigenvalue weighted by Gasteiger charge is 2.21. The molecule has 0 aliphatic rings. The fourth-order valence-electron chi connectivity index (χ4n) is 5.37. The zero-order chi connectivity index (χ0) is 29.4. The Hall–Kier alpha value is -1.10. The molecule has 0 aromatic rings. The van der Waals surface area contributed by atoms with E-state index in [0.29, 0.717) is 13.2 Å². The predicted octanol–water partition coefficient (Wildman–Crippen LogP) is 10.5. The van der Waals surface area contributed by atoms with Crippen molar-refractivity contribution >= 4 is 11.9 Å². The van der Waals surface area contributed by atoms with Crippen LogP contribution in [0.15, 0.2) is 0 Å². The van der Waals surface area contributed by atoms with Crippen LogP contribution in [0, 0.1) is 0 Å². The number of aliphatic carboxylic acids is 1. The topological polar surface area (TPSA) is 75.6 Å². The van der Waals surface area contributed by atoms with E-state index in [1.54, 1.807) is 0 Å². The maximum atomic E-state index is 12.1. The summed E-state index contributed by atoms with van der Waals surface area (Å²) in [4.78, 5) is 23.7. The zero-order valence-electron chi connectivity index (χ0n) is 27.0. The lowest BCUT2D eigenvalue weighted by atomic mass is 10.0. The first-order chi connectivity index (χ1) is 19.6. The van der Waals surface area contributed by atoms with E-state index < -0.39 is 18.0 Å². The van der Waals surface area contributed by atoms with E-state index in [0.717, 1.165) is 25.7 Å². The van der Waals surface area contributed by atoms with Gasteiger partial charge in [-0.1, -0.05) is 174 Å². The molecule has 0 aliphatic carbocycles. The van der Waals surface area contributed by atoms with Crippen molar-refractivity contribution in [1.29, 1.82) is 0 Å². The summed E-state index contributed by atoms with van der Waals surface area (Å²) >= 11 is 0. The molecule has 1 unspecified atom stereocenters. The first-order valence-corrected chi connectivity index (χ1v) is 17.7. The minimum Gasteiger partial charge on any atom is -0.480 e. The van der Waals surface area contributed by atoms with Gasteiger partial charge in [-0.25, -0.2) is 0 Å². The predicted molar refractivity (Wildman–Crippen MR) is 171 cm³/mol. The lowest BCUT2D eigenvalue weighted by Gasteiger charge is -2.14. The highest BCUT2D eigenvalue weighted by Crippen LogP contribution is 2.14. The third kappa shape index (κ3) is 29.9. The van der Waals surface area contributed by atoms with Gasteiger partial charge in [-0.05, 0) is 19.4 Å². The Morgan fingerprint density at radius 2 is 0.850 bits per heavy atom. The third-order valence-corrected chi connectivity index (χ3v) is 8.10. The van der Waals surface area contributed by atoms with Crippen LogP contribution < -0.4 is 5.32 Å². The summed E-state index contributed by atoms with van der Waals surface area (Å²) in [6.45, 7) is 5.58. The fraction of sp³-hybridized carbons (Fsp3) is 0.943. The molecule has 0 rings (SSSR count). The van der Waals surface area contributed by atoms with Gasteiger partial charge in [0, 0.05) is 0 Å². The van der Waals surface area contributed by atoms with Crippen molar-refractivity contribution < 1.29 is 19.4 Å². The van der Waals surface area contributed by atoms with Gasteiger partial charge in [0.15, 0.2) is 0 Å². The number of ether oxygens (including phenoxy) is 1. The fourth-order valence-corrected chi connectivity index (χ4v) is 5.37. The summed E-state index contributed by atoms with van der Waals surface area (Å²) in [6, 6.07) is -0.846. The van der Waals surface area contributed by atoms with Crippen LogP contribution in [0.4, 0.5) is 0 Å². The van der Waals surface area contributed by atoms with Crippen molar-refractivity contribution in [3.8, 4) is 0 Å². The average molecular weight is 568 g/mol. The molecule has 0 spiro atoms. The van der Waals surface area contributed by atoms with Gasteiger partial charge in [0.1, 0.15) is 6.04 Å². The molecule has 0 saturated heterocycles. The van der Waals surface area contributed by atoms with Crippen LogP contribution >= 0.6 is 0 Å². The largest absolute Gasteiger partial charge is 0.480 e. The van der Waals surface area contributed by atoms with E-state index in [9.17, 15) is 14.7 Å². The van der Waals surface area contributed by atoms with Gasteiger partial charge in [0.25, 0.3) is 0 Å². The maximum Gasteiger partial charge on any atom is 0.321 e. The summed E-state index contributed by atoms with van der Waals surface area (Å²) in [5, 5.41) is 12.5. The summed E-state index contributed by atoms with van der Waals surface area (Å²) in [5.74, 6) is -1.37. The second kappa shape index (κ2) is 32.4. The smallest absolute Gasteiger partial charge is 0.321 e. The van der Waals surface area contributed by atoms with Crippen molar-refractivity contribution in [3.63, 3.8) is 0 Å². The lowest BCUT2D eigenvalue weighted by molar-refractivity contribution is -0.149. The molecule has 5 heteroatoms. The first kappa shape index (κ1) is 38.9. The van der Waals surface area contributed by atoms with Gasteiger partial charge < -0.3 is 15.2 Å². The van der Waals surface area contributed by atoms with Gasteiger partial charge in [-0.15, -0.1) is 0 Å². The second-order valence-electron chi connectivity index (χ2n) is 12.1. The number of rotatable bonds is 33. The van der Waals surface area contributed by atoms with Crippen LogP contribution in [0.3, 0.4) is 0 Å². The second-order valence-corrected chi connectivity index (χ2v) is 12.1. The third-order valence-electron chi connectivity index (χ3n) is 8.10. The molecule has 0 radical (unpaired) electrons. The highest BCUT2D eigenvalue weighted by atomic mass is 16.5. The monoisotopic (exact) mass is 568 g/mol. The number of hydrogen-bond donors (Lipinski definition) is 2. The van der Waals surface area contributed by atoms with Crippen molar-refractivity contribution in [2.75, 3.05) is 13.2 Å². The van der Waals surface area contributed by atoms with E-state index in [4.69, 9.17) is 4.74 Å². The lowest BCUT2D eigenvalue weighted by Crippen LogP contribution is -2.39. The van der Waals surface area contributed by atoms with E-state index in [1.807, 2.05) is 0 Å². The molecule has 0 amide bonds. The molecule has 0 bridgehead atoms. The van der Waals surface area contributed by atoms with Gasteiger partial charge in [0.2, 0.25) is 0 Å². The molecule has 2 N–H and O–H groups in total. The first-order valence-electron chi connectivity index (χ1n) is 17.7. The Balaban J connectivity index is 3.52. The SMILES string of the molecule is CCCCCCCCCCCCCCCCOC(=O)CC(NCCCCCCCCCCCCCCC)C(=O)O. The van der Waals surface area contributed by atoms with Crippen molar-refractivity contribution in [2.24, 2.45) is 0 Å². The van der Waals surface area contributed by atoms with E-state index in [1.165, 1.54) is 148 Å². The number of carbonyl (C=O) groups excluding carboxylic acids is 1. The summed E-state index contributed by atoms with van der Waals surface area (Å²) in [6.07, 6.45) is 34.8. The van der Waals surface area contributed by atoms with Crippen LogP contribution in [0.25, 0.3) is 0 Å². The molecule has 0 saturated carbocycles. The summed E-state index contributed by atoms with van der Waals surface area (Å²) in [7, 11) is 0. The quantitative estimate of drug-likeness (QED) is 0.0609. The van der Waals surface area contributed by atoms with Gasteiger partial charge in [-0.2, -0.15) is 0 Å². The maximum absolute atomic E-state index is 12.1. The number of carbonyl (C=O) groups is 2. The Kier molecular flexibility index (Phi) is 31.5. The molecule has 5 nitrogen and oxygen atoms in total. The molecule has 0 aromatic heterocycles. The molecular formula is C35H69NO4. The summed E-state index contributed by atoms with van der Waals surface area (Å²) < 4.78 is 5.31. The Morgan fingerprint density at radius 1 is 0.525 bits per heavy atom. The van der Waals surface area contributed by atoms with Gasteiger partial charge in [-0.3, -0.25) is 9.59 Å². The Bertz CT molecular complexity index is 539.